The van der Waals surface area contributed by atoms with Gasteiger partial charge in [0.05, 0.1) is 6.61 Å². The van der Waals surface area contributed by atoms with Crippen molar-refractivity contribution < 1.29 is 13.9 Å². The van der Waals surface area contributed by atoms with Gasteiger partial charge in [0.25, 0.3) is 0 Å². The molecule has 0 spiro atoms. The van der Waals surface area contributed by atoms with E-state index in [1.807, 2.05) is 4.90 Å². The van der Waals surface area contributed by atoms with Gasteiger partial charge in [0.1, 0.15) is 11.6 Å². The van der Waals surface area contributed by atoms with Crippen LogP contribution in [-0.4, -0.2) is 43.1 Å². The van der Waals surface area contributed by atoms with Gasteiger partial charge in [-0.05, 0) is 56.7 Å². The molecule has 1 saturated heterocycles. The van der Waals surface area contributed by atoms with Gasteiger partial charge in [-0.2, -0.15) is 0 Å². The second-order valence-electron chi connectivity index (χ2n) is 6.92. The number of ether oxygens (including phenoxy) is 1. The van der Waals surface area contributed by atoms with E-state index < -0.39 is 0 Å². The number of piperidine rings is 1. The van der Waals surface area contributed by atoms with Crippen LogP contribution >= 0.6 is 0 Å². The Morgan fingerprint density at radius 3 is 2.75 bits per heavy atom. The fourth-order valence-electron chi connectivity index (χ4n) is 3.12. The molecule has 1 aliphatic carbocycles. The lowest BCUT2D eigenvalue weighted by atomic mass is 10.0. The molecule has 132 valence electrons. The molecule has 0 bridgehead atoms. The van der Waals surface area contributed by atoms with Gasteiger partial charge in [-0.25, -0.2) is 4.39 Å². The van der Waals surface area contributed by atoms with Crippen LogP contribution in [0.3, 0.4) is 0 Å². The summed E-state index contributed by atoms with van der Waals surface area (Å²) in [4.78, 5) is 14.2. The maximum absolute atomic E-state index is 13.0. The predicted octanol–water partition coefficient (Wildman–Crippen LogP) is 2.98. The lowest BCUT2D eigenvalue weighted by Gasteiger charge is -2.32. The quantitative estimate of drug-likeness (QED) is 0.743. The summed E-state index contributed by atoms with van der Waals surface area (Å²) >= 11 is 0. The summed E-state index contributed by atoms with van der Waals surface area (Å²) in [5, 5.41) is 3.63. The summed E-state index contributed by atoms with van der Waals surface area (Å²) < 4.78 is 18.5. The van der Waals surface area contributed by atoms with E-state index >= 15 is 0 Å². The highest BCUT2D eigenvalue weighted by Gasteiger charge is 2.25. The van der Waals surface area contributed by atoms with Crippen LogP contribution in [0.2, 0.25) is 0 Å². The van der Waals surface area contributed by atoms with Gasteiger partial charge in [-0.1, -0.05) is 6.07 Å². The number of nitrogens with zero attached hydrogens (tertiary/aromatic N) is 1. The van der Waals surface area contributed by atoms with Crippen LogP contribution in [0.15, 0.2) is 24.3 Å². The monoisotopic (exact) mass is 334 g/mol. The third kappa shape index (κ3) is 5.48. The molecule has 4 nitrogen and oxygen atoms in total. The van der Waals surface area contributed by atoms with Crippen molar-refractivity contribution in [3.8, 4) is 5.75 Å². The first kappa shape index (κ1) is 17.2. The van der Waals surface area contributed by atoms with Crippen LogP contribution in [0.4, 0.5) is 4.39 Å². The maximum atomic E-state index is 13.0. The minimum absolute atomic E-state index is 0.207. The second-order valence-corrected chi connectivity index (χ2v) is 6.92. The van der Waals surface area contributed by atoms with E-state index in [9.17, 15) is 9.18 Å². The zero-order chi connectivity index (χ0) is 16.8. The van der Waals surface area contributed by atoms with Gasteiger partial charge in [-0.3, -0.25) is 4.79 Å². The lowest BCUT2D eigenvalue weighted by molar-refractivity contribution is -0.132. The number of nitrogens with one attached hydrogen (secondary N) is 1. The summed E-state index contributed by atoms with van der Waals surface area (Å²) in [6.45, 7) is 3.29. The van der Waals surface area contributed by atoms with E-state index in [1.54, 1.807) is 12.1 Å². The molecular weight excluding hydrogens is 307 g/mol. The normalized spacial score (nSPS) is 18.6. The summed E-state index contributed by atoms with van der Waals surface area (Å²) in [5.41, 5.74) is 0. The van der Waals surface area contributed by atoms with Gasteiger partial charge in [0, 0.05) is 31.6 Å². The van der Waals surface area contributed by atoms with Gasteiger partial charge in [0.2, 0.25) is 5.91 Å². The van der Waals surface area contributed by atoms with Crippen LogP contribution in [0.1, 0.15) is 38.5 Å². The summed E-state index contributed by atoms with van der Waals surface area (Å²) in [5.74, 6) is 1.33. The molecule has 1 amide bonds. The maximum Gasteiger partial charge on any atom is 0.222 e. The first-order valence-electron chi connectivity index (χ1n) is 9.10. The van der Waals surface area contributed by atoms with Gasteiger partial charge >= 0.3 is 0 Å². The van der Waals surface area contributed by atoms with Gasteiger partial charge in [-0.15, -0.1) is 0 Å². The number of hydrogen-bond acceptors (Lipinski definition) is 3. The molecule has 1 N–H and O–H groups in total. The lowest BCUT2D eigenvalue weighted by Crippen LogP contribution is -2.45. The minimum atomic E-state index is -0.304. The van der Waals surface area contributed by atoms with Crippen molar-refractivity contribution in [3.05, 3.63) is 30.1 Å². The number of likely N-dealkylation sites (tertiary alicyclic amines) is 1. The fourth-order valence-corrected chi connectivity index (χ4v) is 3.12. The molecule has 0 atom stereocenters. The SMILES string of the molecule is O=C(CCCOc1cccc(F)c1)N1CCC(NCC2CC2)CC1. The molecule has 0 radical (unpaired) electrons. The number of carbonyl (C=O) groups is 1. The van der Waals surface area contributed by atoms with Crippen LogP contribution in [-0.2, 0) is 4.79 Å². The van der Waals surface area contributed by atoms with Crippen molar-refractivity contribution in [3.63, 3.8) is 0 Å². The molecule has 3 rings (SSSR count). The number of halogens is 1. The third-order valence-electron chi connectivity index (χ3n) is 4.84. The van der Waals surface area contributed by atoms with Crippen LogP contribution in [0, 0.1) is 11.7 Å². The Balaban J connectivity index is 1.28. The number of rotatable bonds is 8. The summed E-state index contributed by atoms with van der Waals surface area (Å²) in [6.07, 6.45) is 6.02. The Morgan fingerprint density at radius 1 is 1.25 bits per heavy atom. The van der Waals surface area contributed by atoms with Crippen molar-refractivity contribution in [1.29, 1.82) is 0 Å². The summed E-state index contributed by atoms with van der Waals surface area (Å²) in [7, 11) is 0. The third-order valence-corrected chi connectivity index (χ3v) is 4.84. The Hall–Kier alpha value is -1.62. The number of amides is 1. The van der Waals surface area contributed by atoms with E-state index in [1.165, 1.54) is 25.0 Å². The van der Waals surface area contributed by atoms with Crippen LogP contribution < -0.4 is 10.1 Å². The Kier molecular flexibility index (Phi) is 6.07. The molecule has 2 aliphatic rings. The molecular formula is C19H27FN2O2. The van der Waals surface area contributed by atoms with E-state index in [2.05, 4.69) is 5.32 Å². The van der Waals surface area contributed by atoms with Crippen molar-refractivity contribution >= 4 is 5.91 Å². The molecule has 0 aromatic heterocycles. The zero-order valence-corrected chi connectivity index (χ0v) is 14.2. The van der Waals surface area contributed by atoms with Crippen molar-refractivity contribution in [1.82, 2.24) is 10.2 Å². The van der Waals surface area contributed by atoms with E-state index in [0.717, 1.165) is 38.4 Å². The highest BCUT2D eigenvalue weighted by molar-refractivity contribution is 5.76. The average molecular weight is 334 g/mol. The van der Waals surface area contributed by atoms with Crippen molar-refractivity contribution in [2.24, 2.45) is 5.92 Å². The number of benzene rings is 1. The largest absolute Gasteiger partial charge is 0.493 e. The predicted molar refractivity (Wildman–Crippen MR) is 91.5 cm³/mol. The van der Waals surface area contributed by atoms with Crippen LogP contribution in [0.25, 0.3) is 0 Å². The molecule has 5 heteroatoms. The van der Waals surface area contributed by atoms with Crippen molar-refractivity contribution in [2.75, 3.05) is 26.2 Å². The highest BCUT2D eigenvalue weighted by atomic mass is 19.1. The smallest absolute Gasteiger partial charge is 0.222 e. The molecule has 1 aliphatic heterocycles. The molecule has 24 heavy (non-hydrogen) atoms. The number of hydrogen-bond donors (Lipinski definition) is 1. The first-order valence-corrected chi connectivity index (χ1v) is 9.10. The molecule has 0 unspecified atom stereocenters. The zero-order valence-electron chi connectivity index (χ0n) is 14.2. The van der Waals surface area contributed by atoms with E-state index in [0.29, 0.717) is 31.2 Å². The Morgan fingerprint density at radius 2 is 2.04 bits per heavy atom. The number of carbonyl (C=O) groups excluding carboxylic acids is 1. The topological polar surface area (TPSA) is 41.6 Å². The molecule has 1 saturated carbocycles. The summed E-state index contributed by atoms with van der Waals surface area (Å²) in [6, 6.07) is 6.67. The fraction of sp³-hybridized carbons (Fsp3) is 0.632. The Bertz CT molecular complexity index is 540. The second kappa shape index (κ2) is 8.47. The van der Waals surface area contributed by atoms with E-state index in [4.69, 9.17) is 4.74 Å². The highest BCUT2D eigenvalue weighted by Crippen LogP contribution is 2.28. The van der Waals surface area contributed by atoms with Gasteiger partial charge in [0.15, 0.2) is 0 Å². The van der Waals surface area contributed by atoms with Crippen molar-refractivity contribution in [2.45, 2.75) is 44.6 Å². The molecule has 1 aromatic carbocycles. The minimum Gasteiger partial charge on any atom is -0.493 e. The standard InChI is InChI=1S/C19H27FN2O2/c20-16-3-1-4-18(13-16)24-12-2-5-19(23)22-10-8-17(9-11-22)21-14-15-6-7-15/h1,3-4,13,15,17,21H,2,5-12,14H2. The Labute approximate surface area is 143 Å². The first-order chi connectivity index (χ1) is 11.7. The average Bonchev–Trinajstić information content (AvgIpc) is 3.42. The molecule has 1 heterocycles. The van der Waals surface area contributed by atoms with Gasteiger partial charge < -0.3 is 15.0 Å². The van der Waals surface area contributed by atoms with E-state index in [-0.39, 0.29) is 11.7 Å². The molecule has 2 fully saturated rings. The van der Waals surface area contributed by atoms with Crippen LogP contribution in [0.5, 0.6) is 5.75 Å². The molecule has 1 aromatic rings.